The number of esters is 1. The van der Waals surface area contributed by atoms with Crippen LogP contribution in [0.25, 0.3) is 56.5 Å². The Morgan fingerprint density at radius 2 is 1.21 bits per heavy atom. The van der Waals surface area contributed by atoms with E-state index in [4.69, 9.17) is 14.7 Å². The summed E-state index contributed by atoms with van der Waals surface area (Å²) in [6, 6.07) is 8.01. The first-order valence-electron chi connectivity index (χ1n) is 14.3. The minimum atomic E-state index is -0.872. The van der Waals surface area contributed by atoms with Gasteiger partial charge in [-0.05, 0) is 98.2 Å². The smallest absolute Gasteiger partial charge is 0.305 e. The van der Waals surface area contributed by atoms with Crippen molar-refractivity contribution < 1.29 is 19.4 Å². The van der Waals surface area contributed by atoms with Crippen molar-refractivity contribution in [1.82, 2.24) is 19.9 Å². The third-order valence-corrected chi connectivity index (χ3v) is 8.44. The summed E-state index contributed by atoms with van der Waals surface area (Å²) < 4.78 is 4.92. The number of methoxy groups -OCH3 is 1. The van der Waals surface area contributed by atoms with Crippen molar-refractivity contribution in [3.63, 3.8) is 0 Å². The maximum Gasteiger partial charge on any atom is 0.305 e. The van der Waals surface area contributed by atoms with Crippen LogP contribution in [-0.4, -0.2) is 44.1 Å². The molecule has 0 amide bonds. The molecular formula is C35H36N4O4. The molecule has 0 aliphatic carbocycles. The van der Waals surface area contributed by atoms with Gasteiger partial charge in [0, 0.05) is 46.0 Å². The van der Waals surface area contributed by atoms with Gasteiger partial charge < -0.3 is 19.8 Å². The zero-order chi connectivity index (χ0) is 31.0. The first-order valence-corrected chi connectivity index (χ1v) is 14.3. The van der Waals surface area contributed by atoms with Crippen molar-refractivity contribution in [2.24, 2.45) is 0 Å². The highest BCUT2D eigenvalue weighted by Gasteiger charge is 2.23. The van der Waals surface area contributed by atoms with Crippen molar-refractivity contribution in [2.45, 2.75) is 53.4 Å². The van der Waals surface area contributed by atoms with E-state index in [1.54, 1.807) is 0 Å². The van der Waals surface area contributed by atoms with Gasteiger partial charge in [-0.25, -0.2) is 9.97 Å². The Morgan fingerprint density at radius 3 is 1.70 bits per heavy atom. The van der Waals surface area contributed by atoms with E-state index in [2.05, 4.69) is 36.1 Å². The average molecular weight is 577 g/mol. The fourth-order valence-corrected chi connectivity index (χ4v) is 5.86. The molecule has 0 radical (unpaired) electrons. The predicted molar refractivity (Wildman–Crippen MR) is 174 cm³/mol. The molecule has 3 aromatic rings. The number of hydrogen-bond donors (Lipinski definition) is 3. The number of carbonyl (C=O) groups excluding carboxylic acids is 1. The number of carboxylic acids is 1. The lowest BCUT2D eigenvalue weighted by molar-refractivity contribution is -0.140. The molecule has 2 aliphatic rings. The van der Waals surface area contributed by atoms with Crippen molar-refractivity contribution >= 4 is 68.4 Å². The standard InChI is InChI=1S/C35H36N4O4/c1-8-22-18(3)26-14-27-20(5)24(10-12-34(40)41)32(38-27)17-33-25(11-13-35(42)43-7)21(6)29(39-33)16-31-23(9-2)19(4)28(37-31)15-30(22)36-26/h8-9,14-17,36-37H,1-2,10-13H2,3-7H3,(H,40,41). The number of carboxylic acid groups (broad SMARTS) is 1. The van der Waals surface area contributed by atoms with E-state index in [-0.39, 0.29) is 18.8 Å². The Kier molecular flexibility index (Phi) is 8.04. The number of aromatic amines is 2. The van der Waals surface area contributed by atoms with Gasteiger partial charge in [-0.3, -0.25) is 9.59 Å². The van der Waals surface area contributed by atoms with Crippen LogP contribution in [0.5, 0.6) is 0 Å². The van der Waals surface area contributed by atoms with Crippen LogP contribution in [0.1, 0.15) is 84.6 Å². The van der Waals surface area contributed by atoms with Gasteiger partial charge in [-0.2, -0.15) is 0 Å². The van der Waals surface area contributed by atoms with Crippen LogP contribution in [0.4, 0.5) is 0 Å². The number of hydrogen-bond acceptors (Lipinski definition) is 5. The lowest BCUT2D eigenvalue weighted by Crippen LogP contribution is -2.00. The van der Waals surface area contributed by atoms with Crippen LogP contribution in [-0.2, 0) is 14.3 Å². The number of rotatable bonds is 8. The van der Waals surface area contributed by atoms with Gasteiger partial charge in [-0.1, -0.05) is 25.3 Å². The van der Waals surface area contributed by atoms with Gasteiger partial charge in [0.15, 0.2) is 0 Å². The minimum absolute atomic E-state index is 0.0195. The Labute approximate surface area is 250 Å². The lowest BCUT2D eigenvalue weighted by Gasteiger charge is -2.05. The number of aliphatic carboxylic acids is 1. The normalized spacial score (nSPS) is 13.0. The number of aryl methyl sites for hydroxylation is 2. The van der Waals surface area contributed by atoms with Crippen molar-refractivity contribution in [2.75, 3.05) is 7.11 Å². The van der Waals surface area contributed by atoms with Crippen LogP contribution in [0.15, 0.2) is 37.4 Å². The van der Waals surface area contributed by atoms with E-state index in [9.17, 15) is 14.7 Å². The second kappa shape index (κ2) is 11.7. The van der Waals surface area contributed by atoms with Crippen LogP contribution in [0.2, 0.25) is 0 Å². The number of carbonyl (C=O) groups is 2. The zero-order valence-electron chi connectivity index (χ0n) is 25.3. The van der Waals surface area contributed by atoms with Gasteiger partial charge in [0.2, 0.25) is 0 Å². The molecule has 3 N–H and O–H groups in total. The summed E-state index contributed by atoms with van der Waals surface area (Å²) in [6.07, 6.45) is 4.65. The molecule has 0 unspecified atom stereocenters. The molecule has 0 saturated carbocycles. The van der Waals surface area contributed by atoms with Crippen molar-refractivity contribution in [3.8, 4) is 0 Å². The van der Waals surface area contributed by atoms with E-state index in [0.717, 1.165) is 78.0 Å². The third kappa shape index (κ3) is 5.48. The largest absolute Gasteiger partial charge is 0.481 e. The summed E-state index contributed by atoms with van der Waals surface area (Å²) in [7, 11) is 1.38. The molecule has 0 spiro atoms. The predicted octanol–water partition coefficient (Wildman–Crippen LogP) is 7.90. The zero-order valence-corrected chi connectivity index (χ0v) is 25.3. The van der Waals surface area contributed by atoms with Crippen molar-refractivity contribution in [3.05, 3.63) is 82.5 Å². The molecule has 0 atom stereocenters. The number of ether oxygens (including phenoxy) is 1. The monoisotopic (exact) mass is 576 g/mol. The minimum Gasteiger partial charge on any atom is -0.481 e. The molecule has 8 nitrogen and oxygen atoms in total. The van der Waals surface area contributed by atoms with E-state index in [0.29, 0.717) is 24.2 Å². The molecule has 8 heteroatoms. The molecule has 0 saturated heterocycles. The summed E-state index contributed by atoms with van der Waals surface area (Å²) in [6.45, 7) is 16.2. The van der Waals surface area contributed by atoms with Crippen LogP contribution >= 0.6 is 0 Å². The molecule has 2 aliphatic heterocycles. The maximum absolute atomic E-state index is 12.1. The van der Waals surface area contributed by atoms with Gasteiger partial charge in [-0.15, -0.1) is 0 Å². The molecule has 220 valence electrons. The Morgan fingerprint density at radius 1 is 0.744 bits per heavy atom. The number of H-pyrrole nitrogens is 2. The van der Waals surface area contributed by atoms with Crippen molar-refractivity contribution in [1.29, 1.82) is 0 Å². The average Bonchev–Trinajstić information content (AvgIpc) is 3.63. The molecule has 0 aromatic carbocycles. The second-order valence-corrected chi connectivity index (χ2v) is 10.9. The van der Waals surface area contributed by atoms with Gasteiger partial charge >= 0.3 is 11.9 Å². The van der Waals surface area contributed by atoms with Gasteiger partial charge in [0.25, 0.3) is 0 Å². The topological polar surface area (TPSA) is 121 Å². The quantitative estimate of drug-likeness (QED) is 0.234. The van der Waals surface area contributed by atoms with Crippen LogP contribution < -0.4 is 0 Å². The highest BCUT2D eigenvalue weighted by Crippen LogP contribution is 2.38. The molecular weight excluding hydrogens is 540 g/mol. The van der Waals surface area contributed by atoms with Gasteiger partial charge in [0.05, 0.1) is 29.9 Å². The van der Waals surface area contributed by atoms with Gasteiger partial charge in [0.1, 0.15) is 0 Å². The third-order valence-electron chi connectivity index (χ3n) is 8.44. The molecule has 5 heterocycles. The highest BCUT2D eigenvalue weighted by atomic mass is 16.5. The number of fused-ring (bicyclic) bond motifs is 8. The first kappa shape index (κ1) is 29.5. The summed E-state index contributed by atoms with van der Waals surface area (Å²) in [5, 5.41) is 9.48. The van der Waals surface area contributed by atoms with E-state index in [1.807, 2.05) is 51.1 Å². The molecule has 8 bridgehead atoms. The highest BCUT2D eigenvalue weighted by molar-refractivity contribution is 5.97. The summed E-state index contributed by atoms with van der Waals surface area (Å²) in [5.41, 5.74) is 14.2. The lowest BCUT2D eigenvalue weighted by atomic mass is 9.98. The second-order valence-electron chi connectivity index (χ2n) is 10.9. The Bertz CT molecular complexity index is 1930. The Hall–Kier alpha value is -4.98. The molecule has 43 heavy (non-hydrogen) atoms. The fourth-order valence-electron chi connectivity index (χ4n) is 5.86. The van der Waals surface area contributed by atoms with E-state index < -0.39 is 5.97 Å². The fraction of sp³-hybridized carbons (Fsp3) is 0.257. The van der Waals surface area contributed by atoms with E-state index in [1.165, 1.54) is 7.11 Å². The van der Waals surface area contributed by atoms with E-state index >= 15 is 0 Å². The number of nitrogens with zero attached hydrogens (tertiary/aromatic N) is 2. The molecule has 3 aromatic heterocycles. The molecule has 5 rings (SSSR count). The van der Waals surface area contributed by atoms with Crippen LogP contribution in [0.3, 0.4) is 0 Å². The number of nitrogens with one attached hydrogen (secondary N) is 2. The summed E-state index contributed by atoms with van der Waals surface area (Å²) in [5.74, 6) is -1.17. The Balaban J connectivity index is 1.91. The number of allylic oxidation sites excluding steroid dienone is 4. The molecule has 0 fully saturated rings. The maximum atomic E-state index is 12.1. The summed E-state index contributed by atoms with van der Waals surface area (Å²) in [4.78, 5) is 40.8. The number of aromatic nitrogens is 4. The summed E-state index contributed by atoms with van der Waals surface area (Å²) >= 11 is 0. The first-order chi connectivity index (χ1) is 20.6. The SMILES string of the molecule is C=Cc1c(C)c2cc3[nH]c(cc4nc(cc5nc(cc1[nH]2)C(C)=C5CCC(=O)OC)C(CCC(=O)O)=C4C)c(C)c3C=C. The van der Waals surface area contributed by atoms with Crippen LogP contribution in [0, 0.1) is 13.8 Å².